The Labute approximate surface area is 101 Å². The largest absolute Gasteiger partial charge is 0.306 e. The number of nitro groups is 1. The maximum Gasteiger partial charge on any atom is 0.306 e. The van der Waals surface area contributed by atoms with Crippen molar-refractivity contribution in [1.29, 1.82) is 0 Å². The summed E-state index contributed by atoms with van der Waals surface area (Å²) in [6, 6.07) is 1.22. The Kier molecular flexibility index (Phi) is 3.70. The lowest BCUT2D eigenvalue weighted by Crippen LogP contribution is -2.00. The fraction of sp³-hybridized carbons (Fsp3) is 0.111. The van der Waals surface area contributed by atoms with Crippen molar-refractivity contribution < 1.29 is 17.7 Å². The molecule has 1 aromatic rings. The Morgan fingerprint density at radius 2 is 2.06 bits per heavy atom. The number of halogens is 2. The first-order valence-electron chi connectivity index (χ1n) is 4.12. The summed E-state index contributed by atoms with van der Waals surface area (Å²) in [6.07, 6.45) is 0. The zero-order valence-electron chi connectivity index (χ0n) is 8.40. The van der Waals surface area contributed by atoms with Gasteiger partial charge in [-0.1, -0.05) is 5.92 Å². The summed E-state index contributed by atoms with van der Waals surface area (Å²) in [5.41, 5.74) is -1.18. The minimum atomic E-state index is -4.23. The average molecular weight is 278 g/mol. The van der Waals surface area contributed by atoms with Gasteiger partial charge in [0.25, 0.3) is 9.05 Å². The first kappa shape index (κ1) is 13.4. The van der Waals surface area contributed by atoms with Crippen molar-refractivity contribution in [3.05, 3.63) is 33.6 Å². The maximum absolute atomic E-state index is 13.2. The monoisotopic (exact) mass is 277 g/mol. The molecular formula is C9H5ClFNO4S. The van der Waals surface area contributed by atoms with Crippen LogP contribution in [0.15, 0.2) is 17.0 Å². The van der Waals surface area contributed by atoms with Crippen LogP contribution in [0.25, 0.3) is 0 Å². The fourth-order valence-electron chi connectivity index (χ4n) is 1.12. The van der Waals surface area contributed by atoms with Crippen LogP contribution in [0.5, 0.6) is 0 Å². The molecule has 1 rings (SSSR count). The zero-order chi connectivity index (χ0) is 13.2. The van der Waals surface area contributed by atoms with E-state index < -0.39 is 30.4 Å². The Morgan fingerprint density at radius 3 is 2.47 bits per heavy atom. The van der Waals surface area contributed by atoms with E-state index in [1.54, 1.807) is 0 Å². The van der Waals surface area contributed by atoms with E-state index >= 15 is 0 Å². The highest BCUT2D eigenvalue weighted by molar-refractivity contribution is 8.13. The first-order valence-corrected chi connectivity index (χ1v) is 6.43. The van der Waals surface area contributed by atoms with E-state index in [-0.39, 0.29) is 5.56 Å². The molecule has 1 aromatic carbocycles. The highest BCUT2D eigenvalue weighted by Crippen LogP contribution is 2.27. The lowest BCUT2D eigenvalue weighted by atomic mass is 10.2. The van der Waals surface area contributed by atoms with Gasteiger partial charge >= 0.3 is 5.69 Å². The molecule has 5 nitrogen and oxygen atoms in total. The SMILES string of the molecule is CC#Cc1cc(F)c([N+](=O)[O-])cc1S(=O)(=O)Cl. The van der Waals surface area contributed by atoms with E-state index in [4.69, 9.17) is 10.7 Å². The van der Waals surface area contributed by atoms with Gasteiger partial charge in [-0.05, 0) is 13.0 Å². The normalized spacial score (nSPS) is 10.5. The number of benzene rings is 1. The van der Waals surface area contributed by atoms with Crippen LogP contribution in [0, 0.1) is 27.8 Å². The summed E-state index contributed by atoms with van der Waals surface area (Å²) in [4.78, 5) is 8.84. The molecule has 0 spiro atoms. The molecule has 0 aliphatic heterocycles. The Balaban J connectivity index is 3.69. The van der Waals surface area contributed by atoms with Gasteiger partial charge in [0.2, 0.25) is 5.82 Å². The number of nitro benzene ring substituents is 1. The molecule has 0 heterocycles. The molecule has 0 radical (unpaired) electrons. The molecule has 0 aromatic heterocycles. The standard InChI is InChI=1S/C9H5ClFNO4S/c1-2-3-6-4-7(11)8(12(13)14)5-9(6)17(10,15)16/h4-5H,1H3. The van der Waals surface area contributed by atoms with Gasteiger partial charge in [0.05, 0.1) is 4.92 Å². The Hall–Kier alpha value is -1.65. The van der Waals surface area contributed by atoms with E-state index in [0.717, 1.165) is 0 Å². The summed E-state index contributed by atoms with van der Waals surface area (Å²) >= 11 is 0. The molecule has 0 unspecified atom stereocenters. The molecule has 0 saturated carbocycles. The van der Waals surface area contributed by atoms with Crippen molar-refractivity contribution >= 4 is 25.4 Å². The van der Waals surface area contributed by atoms with Gasteiger partial charge in [-0.25, -0.2) is 8.42 Å². The average Bonchev–Trinajstić information content (AvgIpc) is 2.15. The minimum absolute atomic E-state index is 0.217. The van der Waals surface area contributed by atoms with Crippen LogP contribution in [0.1, 0.15) is 12.5 Å². The fourth-order valence-corrected chi connectivity index (χ4v) is 2.12. The van der Waals surface area contributed by atoms with Crippen molar-refractivity contribution in [2.45, 2.75) is 11.8 Å². The Bertz CT molecular complexity index is 645. The van der Waals surface area contributed by atoms with Crippen LogP contribution < -0.4 is 0 Å². The zero-order valence-corrected chi connectivity index (χ0v) is 9.97. The van der Waals surface area contributed by atoms with Crippen LogP contribution in [0.3, 0.4) is 0 Å². The predicted octanol–water partition coefficient (Wildman–Crippen LogP) is 2.03. The van der Waals surface area contributed by atoms with Gasteiger partial charge in [0, 0.05) is 22.3 Å². The van der Waals surface area contributed by atoms with Crippen molar-refractivity contribution in [2.75, 3.05) is 0 Å². The van der Waals surface area contributed by atoms with Crippen molar-refractivity contribution in [1.82, 2.24) is 0 Å². The van der Waals surface area contributed by atoms with Gasteiger partial charge < -0.3 is 0 Å². The summed E-state index contributed by atoms with van der Waals surface area (Å²) < 4.78 is 35.6. The smallest absolute Gasteiger partial charge is 0.258 e. The quantitative estimate of drug-likeness (QED) is 0.359. The van der Waals surface area contributed by atoms with E-state index in [1.807, 2.05) is 0 Å². The van der Waals surface area contributed by atoms with Crippen molar-refractivity contribution in [2.24, 2.45) is 0 Å². The molecule has 0 aliphatic rings. The second-order valence-corrected chi connectivity index (χ2v) is 5.40. The highest BCUT2D eigenvalue weighted by atomic mass is 35.7. The van der Waals surface area contributed by atoms with E-state index in [0.29, 0.717) is 12.1 Å². The predicted molar refractivity (Wildman–Crippen MR) is 58.6 cm³/mol. The lowest BCUT2D eigenvalue weighted by Gasteiger charge is -2.01. The summed E-state index contributed by atoms with van der Waals surface area (Å²) in [5, 5.41) is 10.5. The topological polar surface area (TPSA) is 77.3 Å². The molecule has 0 saturated heterocycles. The number of rotatable bonds is 2. The molecule has 0 bridgehead atoms. The molecule has 0 aliphatic carbocycles. The molecule has 0 fully saturated rings. The highest BCUT2D eigenvalue weighted by Gasteiger charge is 2.23. The number of nitrogens with zero attached hydrogens (tertiary/aromatic N) is 1. The van der Waals surface area contributed by atoms with Gasteiger partial charge in [-0.3, -0.25) is 10.1 Å². The summed E-state index contributed by atoms with van der Waals surface area (Å²) in [6.45, 7) is 1.41. The second kappa shape index (κ2) is 4.69. The molecular weight excluding hydrogens is 273 g/mol. The molecule has 0 amide bonds. The second-order valence-electron chi connectivity index (χ2n) is 2.87. The van der Waals surface area contributed by atoms with E-state index in [2.05, 4.69) is 11.8 Å². The molecule has 0 N–H and O–H groups in total. The van der Waals surface area contributed by atoms with Crippen LogP contribution in [-0.2, 0) is 9.05 Å². The van der Waals surface area contributed by atoms with Crippen LogP contribution in [0.4, 0.5) is 10.1 Å². The van der Waals surface area contributed by atoms with Crippen LogP contribution >= 0.6 is 10.7 Å². The minimum Gasteiger partial charge on any atom is -0.258 e. The van der Waals surface area contributed by atoms with Crippen molar-refractivity contribution in [3.8, 4) is 11.8 Å². The number of hydrogen-bond acceptors (Lipinski definition) is 4. The van der Waals surface area contributed by atoms with Crippen LogP contribution in [0.2, 0.25) is 0 Å². The van der Waals surface area contributed by atoms with E-state index in [1.165, 1.54) is 6.92 Å². The molecule has 90 valence electrons. The summed E-state index contributed by atoms with van der Waals surface area (Å²) in [5.74, 6) is 3.51. The third kappa shape index (κ3) is 2.93. The molecule has 0 atom stereocenters. The first-order chi connectivity index (χ1) is 7.77. The van der Waals surface area contributed by atoms with E-state index in [9.17, 15) is 22.9 Å². The van der Waals surface area contributed by atoms with Crippen LogP contribution in [-0.4, -0.2) is 13.3 Å². The lowest BCUT2D eigenvalue weighted by molar-refractivity contribution is -0.387. The maximum atomic E-state index is 13.2. The van der Waals surface area contributed by atoms with Gasteiger partial charge in [-0.2, -0.15) is 4.39 Å². The van der Waals surface area contributed by atoms with Gasteiger partial charge in [-0.15, -0.1) is 5.92 Å². The number of hydrogen-bond donors (Lipinski definition) is 0. The Morgan fingerprint density at radius 1 is 1.47 bits per heavy atom. The third-order valence-corrected chi connectivity index (χ3v) is 3.13. The summed E-state index contributed by atoms with van der Waals surface area (Å²) in [7, 11) is 0.858. The van der Waals surface area contributed by atoms with Gasteiger partial charge in [0.15, 0.2) is 0 Å². The molecule has 8 heteroatoms. The third-order valence-electron chi connectivity index (χ3n) is 1.77. The van der Waals surface area contributed by atoms with Crippen molar-refractivity contribution in [3.63, 3.8) is 0 Å². The van der Waals surface area contributed by atoms with Gasteiger partial charge in [0.1, 0.15) is 4.90 Å². The molecule has 17 heavy (non-hydrogen) atoms.